The summed E-state index contributed by atoms with van der Waals surface area (Å²) in [4.78, 5) is 10.9. The number of carbonyl (C=O) groups excluding carboxylic acids is 1. The number of nitrogens with zero attached hydrogens (tertiary/aromatic N) is 2. The van der Waals surface area contributed by atoms with Gasteiger partial charge in [0.1, 0.15) is 6.04 Å². The van der Waals surface area contributed by atoms with Gasteiger partial charge in [-0.1, -0.05) is 6.92 Å². The van der Waals surface area contributed by atoms with Gasteiger partial charge in [-0.3, -0.25) is 9.48 Å². The fourth-order valence-corrected chi connectivity index (χ4v) is 1.18. The maximum Gasteiger partial charge on any atom is 0.435 e. The number of halogens is 3. The molecule has 15 heavy (non-hydrogen) atoms. The van der Waals surface area contributed by atoms with Crippen LogP contribution in [0.15, 0.2) is 12.3 Å². The summed E-state index contributed by atoms with van der Waals surface area (Å²) in [5.74, 6) is -0.700. The molecule has 84 valence electrons. The van der Waals surface area contributed by atoms with Crippen molar-refractivity contribution in [2.24, 2.45) is 5.73 Å². The molecule has 1 aromatic heterocycles. The highest BCUT2D eigenvalue weighted by Gasteiger charge is 2.34. The van der Waals surface area contributed by atoms with Crippen molar-refractivity contribution >= 4 is 5.91 Å². The van der Waals surface area contributed by atoms with Gasteiger partial charge in [-0.15, -0.1) is 0 Å². The molecule has 4 nitrogen and oxygen atoms in total. The second kappa shape index (κ2) is 3.92. The third kappa shape index (κ3) is 2.48. The molecule has 0 radical (unpaired) electrons. The molecule has 0 fully saturated rings. The van der Waals surface area contributed by atoms with Crippen molar-refractivity contribution in [3.05, 3.63) is 18.0 Å². The lowest BCUT2D eigenvalue weighted by Crippen LogP contribution is -2.26. The van der Waals surface area contributed by atoms with Crippen LogP contribution >= 0.6 is 0 Å². The molecule has 1 heterocycles. The molecule has 1 atom stereocenters. The van der Waals surface area contributed by atoms with Gasteiger partial charge in [0.25, 0.3) is 0 Å². The number of carbonyl (C=O) groups is 1. The lowest BCUT2D eigenvalue weighted by molar-refractivity contribution is -0.142. The lowest BCUT2D eigenvalue weighted by atomic mass is 10.2. The summed E-state index contributed by atoms with van der Waals surface area (Å²) in [6.07, 6.45) is -3.10. The molecule has 0 aromatic carbocycles. The number of nitrogens with two attached hydrogens (primary N) is 1. The summed E-state index contributed by atoms with van der Waals surface area (Å²) in [5, 5.41) is 3.26. The third-order valence-corrected chi connectivity index (χ3v) is 1.93. The zero-order valence-corrected chi connectivity index (χ0v) is 7.95. The van der Waals surface area contributed by atoms with Gasteiger partial charge < -0.3 is 5.73 Å². The maximum atomic E-state index is 12.2. The van der Waals surface area contributed by atoms with Crippen LogP contribution in [0.5, 0.6) is 0 Å². The van der Waals surface area contributed by atoms with Gasteiger partial charge in [-0.05, 0) is 12.5 Å². The molecule has 1 rings (SSSR count). The summed E-state index contributed by atoms with van der Waals surface area (Å²) >= 11 is 0. The zero-order chi connectivity index (χ0) is 11.6. The van der Waals surface area contributed by atoms with Crippen LogP contribution in [0.25, 0.3) is 0 Å². The van der Waals surface area contributed by atoms with Crippen LogP contribution in [0.4, 0.5) is 13.2 Å². The first-order chi connectivity index (χ1) is 6.86. The Balaban J connectivity index is 2.97. The number of alkyl halides is 3. The minimum absolute atomic E-state index is 0.300. The van der Waals surface area contributed by atoms with E-state index < -0.39 is 23.8 Å². The molecule has 0 saturated carbocycles. The van der Waals surface area contributed by atoms with E-state index in [0.717, 1.165) is 16.9 Å². The van der Waals surface area contributed by atoms with Crippen molar-refractivity contribution in [3.63, 3.8) is 0 Å². The van der Waals surface area contributed by atoms with E-state index in [9.17, 15) is 18.0 Å². The molecule has 2 N–H and O–H groups in total. The number of hydrogen-bond acceptors (Lipinski definition) is 2. The van der Waals surface area contributed by atoms with Crippen molar-refractivity contribution in [3.8, 4) is 0 Å². The molecule has 1 aromatic rings. The number of aromatic nitrogens is 2. The first kappa shape index (κ1) is 11.5. The van der Waals surface area contributed by atoms with Gasteiger partial charge >= 0.3 is 6.18 Å². The number of rotatable bonds is 3. The summed E-state index contributed by atoms with van der Waals surface area (Å²) in [5.41, 5.74) is 3.99. The van der Waals surface area contributed by atoms with Crippen LogP contribution < -0.4 is 5.73 Å². The summed E-state index contributed by atoms with van der Waals surface area (Å²) in [7, 11) is 0. The van der Waals surface area contributed by atoms with E-state index in [2.05, 4.69) is 5.10 Å². The van der Waals surface area contributed by atoms with Crippen LogP contribution in [0.2, 0.25) is 0 Å². The van der Waals surface area contributed by atoms with Crippen molar-refractivity contribution in [2.75, 3.05) is 0 Å². The molecule has 0 unspecified atom stereocenters. The number of primary amides is 1. The molecule has 7 heteroatoms. The minimum Gasteiger partial charge on any atom is -0.368 e. The molecule has 0 saturated heterocycles. The smallest absolute Gasteiger partial charge is 0.368 e. The fraction of sp³-hybridized carbons (Fsp3) is 0.500. The fourth-order valence-electron chi connectivity index (χ4n) is 1.18. The maximum absolute atomic E-state index is 12.2. The topological polar surface area (TPSA) is 60.9 Å². The normalized spacial score (nSPS) is 13.9. The Labute approximate surface area is 83.9 Å². The SMILES string of the molecule is CC[C@@H](C(N)=O)n1ccc(C(F)(F)F)n1. The van der Waals surface area contributed by atoms with E-state index in [1.165, 1.54) is 0 Å². The quantitative estimate of drug-likeness (QED) is 0.837. The van der Waals surface area contributed by atoms with Crippen molar-refractivity contribution in [1.29, 1.82) is 0 Å². The highest BCUT2D eigenvalue weighted by atomic mass is 19.4. The van der Waals surface area contributed by atoms with Crippen LogP contribution in [0, 0.1) is 0 Å². The number of hydrogen-bond donors (Lipinski definition) is 1. The van der Waals surface area contributed by atoms with Gasteiger partial charge in [0.15, 0.2) is 5.69 Å². The molecular weight excluding hydrogens is 211 g/mol. The van der Waals surface area contributed by atoms with Crippen molar-refractivity contribution < 1.29 is 18.0 Å². The average Bonchev–Trinajstić information content (AvgIpc) is 2.52. The van der Waals surface area contributed by atoms with Crippen molar-refractivity contribution in [1.82, 2.24) is 9.78 Å². The second-order valence-electron chi connectivity index (χ2n) is 3.01. The monoisotopic (exact) mass is 221 g/mol. The molecule has 0 aliphatic rings. The molecule has 0 aliphatic carbocycles. The highest BCUT2D eigenvalue weighted by molar-refractivity contribution is 5.78. The average molecular weight is 221 g/mol. The molecule has 1 amide bonds. The molecular formula is C8H10F3N3O. The molecule has 0 bridgehead atoms. The predicted octanol–water partition coefficient (Wildman–Crippen LogP) is 1.34. The Bertz CT molecular complexity index is 358. The largest absolute Gasteiger partial charge is 0.435 e. The van der Waals surface area contributed by atoms with Crippen molar-refractivity contribution in [2.45, 2.75) is 25.6 Å². The van der Waals surface area contributed by atoms with Crippen LogP contribution in [0.1, 0.15) is 25.1 Å². The third-order valence-electron chi connectivity index (χ3n) is 1.93. The highest BCUT2D eigenvalue weighted by Crippen LogP contribution is 2.28. The first-order valence-electron chi connectivity index (χ1n) is 4.28. The van der Waals surface area contributed by atoms with E-state index in [1.807, 2.05) is 0 Å². The van der Waals surface area contributed by atoms with E-state index >= 15 is 0 Å². The predicted molar refractivity (Wildman–Crippen MR) is 45.8 cm³/mol. The Morgan fingerprint density at radius 1 is 1.67 bits per heavy atom. The Hall–Kier alpha value is -1.53. The van der Waals surface area contributed by atoms with Crippen LogP contribution in [-0.2, 0) is 11.0 Å². The van der Waals surface area contributed by atoms with E-state index in [0.29, 0.717) is 6.42 Å². The van der Waals surface area contributed by atoms with Gasteiger partial charge in [-0.25, -0.2) is 0 Å². The number of amides is 1. The summed E-state index contributed by atoms with van der Waals surface area (Å²) in [6.45, 7) is 1.64. The van der Waals surface area contributed by atoms with E-state index in [4.69, 9.17) is 5.73 Å². The standard InChI is InChI=1S/C8H10F3N3O/c1-2-5(7(12)15)14-4-3-6(13-14)8(9,10)11/h3-5H,2H2,1H3,(H2,12,15)/t5-/m0/s1. The van der Waals surface area contributed by atoms with Gasteiger partial charge in [0.05, 0.1) is 0 Å². The van der Waals surface area contributed by atoms with Gasteiger partial charge in [-0.2, -0.15) is 18.3 Å². The minimum atomic E-state index is -4.50. The summed E-state index contributed by atoms with van der Waals surface area (Å²) < 4.78 is 37.5. The Morgan fingerprint density at radius 3 is 2.60 bits per heavy atom. The van der Waals surface area contributed by atoms with Crippen LogP contribution in [-0.4, -0.2) is 15.7 Å². The zero-order valence-electron chi connectivity index (χ0n) is 7.95. The Kier molecular flexibility index (Phi) is 3.01. The van der Waals surface area contributed by atoms with Gasteiger partial charge in [0, 0.05) is 6.20 Å². The van der Waals surface area contributed by atoms with E-state index in [-0.39, 0.29) is 0 Å². The molecule has 0 spiro atoms. The summed E-state index contributed by atoms with van der Waals surface area (Å²) in [6, 6.07) is -0.0212. The second-order valence-corrected chi connectivity index (χ2v) is 3.01. The first-order valence-corrected chi connectivity index (χ1v) is 4.28. The van der Waals surface area contributed by atoms with E-state index in [1.54, 1.807) is 6.92 Å². The Morgan fingerprint density at radius 2 is 2.27 bits per heavy atom. The lowest BCUT2D eigenvalue weighted by Gasteiger charge is -2.11. The molecule has 0 aliphatic heterocycles. The van der Waals surface area contributed by atoms with Crippen LogP contribution in [0.3, 0.4) is 0 Å². The van der Waals surface area contributed by atoms with Gasteiger partial charge in [0.2, 0.25) is 5.91 Å².